The second-order valence-corrected chi connectivity index (χ2v) is 2.77. The Balaban J connectivity index is 2.85. The highest BCUT2D eigenvalue weighted by molar-refractivity contribution is 6.32. The second-order valence-electron chi connectivity index (χ2n) is 2.40. The van der Waals surface area contributed by atoms with E-state index in [0.29, 0.717) is 5.69 Å². The van der Waals surface area contributed by atoms with E-state index in [1.807, 2.05) is 0 Å². The van der Waals surface area contributed by atoms with Crippen LogP contribution in [0, 0.1) is 12.3 Å². The summed E-state index contributed by atoms with van der Waals surface area (Å²) in [4.78, 5) is 16.0. The predicted octanol–water partition coefficient (Wildman–Crippen LogP) is 0.410. The van der Waals surface area contributed by atoms with Crippen LogP contribution in [-0.2, 0) is 11.9 Å². The molecule has 14 heavy (non-hydrogen) atoms. The molecule has 1 heterocycles. The molecular weight excluding hydrogens is 206 g/mol. The van der Waals surface area contributed by atoms with Gasteiger partial charge in [0.1, 0.15) is 17.3 Å². The van der Waals surface area contributed by atoms with Crippen molar-refractivity contribution in [3.63, 3.8) is 0 Å². The number of nitrogens with zero attached hydrogens (tertiary/aromatic N) is 2. The fourth-order valence-corrected chi connectivity index (χ4v) is 0.947. The first-order valence-corrected chi connectivity index (χ1v) is 4.07. The Morgan fingerprint density at radius 3 is 3.21 bits per heavy atom. The third-order valence-electron chi connectivity index (χ3n) is 1.42. The Labute approximate surface area is 85.6 Å². The van der Waals surface area contributed by atoms with Crippen LogP contribution in [0.5, 0.6) is 0 Å². The molecule has 0 aliphatic heterocycles. The van der Waals surface area contributed by atoms with Gasteiger partial charge in [0.15, 0.2) is 0 Å². The maximum atomic E-state index is 11.3. The maximum absolute atomic E-state index is 11.3. The minimum atomic E-state index is -0.402. The molecule has 0 aromatic carbocycles. The van der Waals surface area contributed by atoms with Crippen LogP contribution in [0.3, 0.4) is 0 Å². The SMILES string of the molecule is C#CCONc1cnn(C)c(=O)c1Cl. The number of terminal acetylenes is 1. The molecule has 1 N–H and O–H groups in total. The van der Waals surface area contributed by atoms with Crippen LogP contribution in [-0.4, -0.2) is 16.4 Å². The van der Waals surface area contributed by atoms with Crippen molar-refractivity contribution in [3.8, 4) is 12.3 Å². The van der Waals surface area contributed by atoms with Gasteiger partial charge < -0.3 is 0 Å². The zero-order valence-corrected chi connectivity index (χ0v) is 8.21. The molecule has 0 radical (unpaired) electrons. The van der Waals surface area contributed by atoms with Crippen LogP contribution >= 0.6 is 11.6 Å². The van der Waals surface area contributed by atoms with Crippen LogP contribution in [0.4, 0.5) is 5.69 Å². The summed E-state index contributed by atoms with van der Waals surface area (Å²) < 4.78 is 1.12. The van der Waals surface area contributed by atoms with Crippen molar-refractivity contribution < 1.29 is 4.84 Å². The maximum Gasteiger partial charge on any atom is 0.287 e. The molecule has 5 nitrogen and oxygen atoms in total. The molecule has 6 heteroatoms. The molecule has 0 bridgehead atoms. The lowest BCUT2D eigenvalue weighted by Gasteiger charge is -2.06. The minimum Gasteiger partial charge on any atom is -0.266 e. The summed E-state index contributed by atoms with van der Waals surface area (Å²) in [6.07, 6.45) is 6.33. The highest BCUT2D eigenvalue weighted by Gasteiger charge is 2.06. The Morgan fingerprint density at radius 2 is 2.57 bits per heavy atom. The van der Waals surface area contributed by atoms with Gasteiger partial charge >= 0.3 is 0 Å². The van der Waals surface area contributed by atoms with Gasteiger partial charge in [-0.05, 0) is 0 Å². The van der Waals surface area contributed by atoms with Gasteiger partial charge in [-0.3, -0.25) is 15.1 Å². The molecule has 1 rings (SSSR count). The lowest BCUT2D eigenvalue weighted by atomic mass is 10.5. The molecule has 0 saturated heterocycles. The topological polar surface area (TPSA) is 56.1 Å². The third kappa shape index (κ3) is 2.25. The van der Waals surface area contributed by atoms with Crippen LogP contribution in [0.2, 0.25) is 5.02 Å². The number of nitrogens with one attached hydrogen (secondary N) is 1. The Kier molecular flexibility index (Phi) is 3.51. The average molecular weight is 214 g/mol. The molecule has 0 unspecified atom stereocenters. The molecular formula is C8H8ClN3O2. The number of hydrogen-bond acceptors (Lipinski definition) is 4. The number of anilines is 1. The molecule has 1 aromatic heterocycles. The molecule has 0 aliphatic rings. The van der Waals surface area contributed by atoms with Gasteiger partial charge in [-0.2, -0.15) is 5.10 Å². The van der Waals surface area contributed by atoms with Crippen molar-refractivity contribution in [3.05, 3.63) is 21.6 Å². The lowest BCUT2D eigenvalue weighted by Crippen LogP contribution is -2.21. The van der Waals surface area contributed by atoms with Crippen molar-refractivity contribution in [2.24, 2.45) is 7.05 Å². The summed E-state index contributed by atoms with van der Waals surface area (Å²) in [5, 5.41) is 3.76. The van der Waals surface area contributed by atoms with Crippen LogP contribution < -0.4 is 11.0 Å². The van der Waals surface area contributed by atoms with E-state index in [9.17, 15) is 4.79 Å². The van der Waals surface area contributed by atoms with Crippen molar-refractivity contribution >= 4 is 17.3 Å². The highest BCUT2D eigenvalue weighted by atomic mass is 35.5. The van der Waals surface area contributed by atoms with Crippen LogP contribution in [0.25, 0.3) is 0 Å². The molecule has 0 saturated carbocycles. The molecule has 1 aromatic rings. The van der Waals surface area contributed by atoms with Gasteiger partial charge in [0, 0.05) is 7.05 Å². The van der Waals surface area contributed by atoms with Crippen molar-refractivity contribution in [2.45, 2.75) is 0 Å². The second kappa shape index (κ2) is 4.65. The number of rotatable bonds is 3. The van der Waals surface area contributed by atoms with Gasteiger partial charge in [0.05, 0.1) is 6.20 Å². The van der Waals surface area contributed by atoms with Gasteiger partial charge in [-0.15, -0.1) is 6.42 Å². The lowest BCUT2D eigenvalue weighted by molar-refractivity contribution is 0.234. The first-order valence-electron chi connectivity index (χ1n) is 3.70. The van der Waals surface area contributed by atoms with E-state index in [4.69, 9.17) is 22.9 Å². The van der Waals surface area contributed by atoms with E-state index >= 15 is 0 Å². The Hall–Kier alpha value is -1.51. The number of halogens is 1. The van der Waals surface area contributed by atoms with Gasteiger partial charge in [-0.1, -0.05) is 17.5 Å². The molecule has 0 fully saturated rings. The van der Waals surface area contributed by atoms with E-state index in [-0.39, 0.29) is 11.6 Å². The Bertz CT molecular complexity index is 422. The summed E-state index contributed by atoms with van der Waals surface area (Å²) in [6, 6.07) is 0. The molecule has 0 amide bonds. The molecule has 0 aliphatic carbocycles. The number of aromatic nitrogens is 2. The molecule has 0 atom stereocenters. The Morgan fingerprint density at radius 1 is 1.86 bits per heavy atom. The fourth-order valence-electron chi connectivity index (χ4n) is 0.737. The first-order chi connectivity index (χ1) is 6.66. The summed E-state index contributed by atoms with van der Waals surface area (Å²) in [7, 11) is 1.50. The third-order valence-corrected chi connectivity index (χ3v) is 1.78. The van der Waals surface area contributed by atoms with Crippen molar-refractivity contribution in [2.75, 3.05) is 12.1 Å². The first kappa shape index (κ1) is 10.6. The van der Waals surface area contributed by atoms with E-state index in [0.717, 1.165) is 4.68 Å². The van der Waals surface area contributed by atoms with Crippen molar-refractivity contribution in [1.82, 2.24) is 9.78 Å². The van der Waals surface area contributed by atoms with Gasteiger partial charge in [-0.25, -0.2) is 4.68 Å². The van der Waals surface area contributed by atoms with Crippen LogP contribution in [0.1, 0.15) is 0 Å². The highest BCUT2D eigenvalue weighted by Crippen LogP contribution is 2.14. The van der Waals surface area contributed by atoms with E-state index in [1.54, 1.807) is 0 Å². The number of hydrogen-bond donors (Lipinski definition) is 1. The smallest absolute Gasteiger partial charge is 0.266 e. The monoisotopic (exact) mass is 213 g/mol. The normalized spacial score (nSPS) is 9.50. The van der Waals surface area contributed by atoms with Gasteiger partial charge in [0.2, 0.25) is 0 Å². The number of aryl methyl sites for hydroxylation is 1. The summed E-state index contributed by atoms with van der Waals surface area (Å²) >= 11 is 5.71. The predicted molar refractivity (Wildman–Crippen MR) is 52.9 cm³/mol. The van der Waals surface area contributed by atoms with Crippen molar-refractivity contribution in [1.29, 1.82) is 0 Å². The molecule has 0 spiro atoms. The van der Waals surface area contributed by atoms with Crippen LogP contribution in [0.15, 0.2) is 11.0 Å². The van der Waals surface area contributed by atoms with E-state index < -0.39 is 5.56 Å². The average Bonchev–Trinajstić information content (AvgIpc) is 2.18. The standard InChI is InChI=1S/C8H8ClN3O2/c1-3-4-14-11-6-5-10-12(2)8(13)7(6)9/h1,5,11H,4H2,2H3. The summed E-state index contributed by atoms with van der Waals surface area (Å²) in [5.41, 5.74) is 2.33. The quantitative estimate of drug-likeness (QED) is 0.449. The summed E-state index contributed by atoms with van der Waals surface area (Å²) in [5.74, 6) is 2.25. The fraction of sp³-hybridized carbons (Fsp3) is 0.250. The van der Waals surface area contributed by atoms with E-state index in [1.165, 1.54) is 13.2 Å². The van der Waals surface area contributed by atoms with E-state index in [2.05, 4.69) is 16.5 Å². The zero-order chi connectivity index (χ0) is 10.6. The van der Waals surface area contributed by atoms with Gasteiger partial charge in [0.25, 0.3) is 5.56 Å². The minimum absolute atomic E-state index is 0.0134. The largest absolute Gasteiger partial charge is 0.287 e. The molecule has 74 valence electrons. The summed E-state index contributed by atoms with van der Waals surface area (Å²) in [6.45, 7) is 0.0749. The zero-order valence-electron chi connectivity index (χ0n) is 7.45.